The third-order valence-electron chi connectivity index (χ3n) is 7.97. The van der Waals surface area contributed by atoms with Gasteiger partial charge in [0.05, 0.1) is 25.2 Å². The van der Waals surface area contributed by atoms with Crippen LogP contribution in [0.25, 0.3) is 0 Å². The molecule has 2 heterocycles. The summed E-state index contributed by atoms with van der Waals surface area (Å²) in [7, 11) is 1.67. The standard InChI is InChI=1S/C29H41FN4O4/c1-4-29(2,36)19-33-27(35)14-23-5-6-24(15-26(23)30)38-12-9-22-13-25(22)21-7-10-34(11-8-21)28-31-16-20(17-32-28)18-37-3/h5-6,15-17,21-22,25,36H,4,7-14,18-19H2,1-3H3,(H,33,35)/t22-,25-,29?/m1/s1. The van der Waals surface area contributed by atoms with Crippen molar-refractivity contribution in [3.63, 3.8) is 0 Å². The van der Waals surface area contributed by atoms with E-state index in [0.29, 0.717) is 36.9 Å². The number of aliphatic hydroxyl groups is 1. The molecule has 0 radical (unpaired) electrons. The average molecular weight is 529 g/mol. The monoisotopic (exact) mass is 528 g/mol. The summed E-state index contributed by atoms with van der Waals surface area (Å²) >= 11 is 0. The van der Waals surface area contributed by atoms with Crippen molar-refractivity contribution in [1.29, 1.82) is 0 Å². The molecule has 2 fully saturated rings. The predicted molar refractivity (Wildman–Crippen MR) is 143 cm³/mol. The van der Waals surface area contributed by atoms with E-state index < -0.39 is 11.4 Å². The minimum absolute atomic E-state index is 0.0697. The van der Waals surface area contributed by atoms with Gasteiger partial charge >= 0.3 is 0 Å². The predicted octanol–water partition coefficient (Wildman–Crippen LogP) is 3.90. The van der Waals surface area contributed by atoms with Gasteiger partial charge in [0.1, 0.15) is 11.6 Å². The molecule has 2 N–H and O–H groups in total. The number of ether oxygens (including phenoxy) is 2. The fraction of sp³-hybridized carbons (Fsp3) is 0.621. The largest absolute Gasteiger partial charge is 0.493 e. The number of piperidine rings is 1. The van der Waals surface area contributed by atoms with Crippen LogP contribution in [0, 0.1) is 23.6 Å². The van der Waals surface area contributed by atoms with Crippen molar-refractivity contribution >= 4 is 11.9 Å². The first-order valence-electron chi connectivity index (χ1n) is 13.7. The summed E-state index contributed by atoms with van der Waals surface area (Å²) in [6.45, 7) is 6.70. The molecule has 1 saturated carbocycles. The lowest BCUT2D eigenvalue weighted by Crippen LogP contribution is -2.40. The van der Waals surface area contributed by atoms with Gasteiger partial charge in [0.25, 0.3) is 0 Å². The van der Waals surface area contributed by atoms with Crippen molar-refractivity contribution in [3.05, 3.63) is 47.5 Å². The Balaban J connectivity index is 1.14. The van der Waals surface area contributed by atoms with Gasteiger partial charge in [-0.05, 0) is 68.4 Å². The molecule has 1 unspecified atom stereocenters. The molecular formula is C29H41FN4O4. The van der Waals surface area contributed by atoms with E-state index in [1.165, 1.54) is 12.5 Å². The van der Waals surface area contributed by atoms with Crippen LogP contribution in [-0.4, -0.2) is 59.9 Å². The maximum absolute atomic E-state index is 14.5. The Morgan fingerprint density at radius 1 is 1.26 bits per heavy atom. The zero-order valence-corrected chi connectivity index (χ0v) is 22.8. The molecule has 2 aliphatic rings. The Kier molecular flexibility index (Phi) is 9.54. The van der Waals surface area contributed by atoms with Crippen molar-refractivity contribution in [2.24, 2.45) is 17.8 Å². The Morgan fingerprint density at radius 3 is 2.66 bits per heavy atom. The zero-order chi connectivity index (χ0) is 27.1. The van der Waals surface area contributed by atoms with Crippen LogP contribution in [-0.2, 0) is 22.6 Å². The van der Waals surface area contributed by atoms with Gasteiger partial charge in [0, 0.05) is 50.8 Å². The molecule has 38 heavy (non-hydrogen) atoms. The molecule has 1 saturated heterocycles. The van der Waals surface area contributed by atoms with Crippen molar-refractivity contribution in [1.82, 2.24) is 15.3 Å². The van der Waals surface area contributed by atoms with Crippen LogP contribution in [0.2, 0.25) is 0 Å². The molecule has 9 heteroatoms. The summed E-state index contributed by atoms with van der Waals surface area (Å²) in [5.41, 5.74) is 0.334. The molecule has 1 aromatic carbocycles. The van der Waals surface area contributed by atoms with Crippen molar-refractivity contribution < 1.29 is 23.8 Å². The number of methoxy groups -OCH3 is 1. The summed E-state index contributed by atoms with van der Waals surface area (Å²) in [6, 6.07) is 4.68. The van der Waals surface area contributed by atoms with Crippen molar-refractivity contribution in [3.8, 4) is 5.75 Å². The molecule has 8 nitrogen and oxygen atoms in total. The Labute approximate surface area is 225 Å². The second-order valence-corrected chi connectivity index (χ2v) is 11.0. The number of aromatic nitrogens is 2. The van der Waals surface area contributed by atoms with Crippen LogP contribution in [0.5, 0.6) is 5.75 Å². The molecular weight excluding hydrogens is 487 g/mol. The number of halogens is 1. The molecule has 1 amide bonds. The van der Waals surface area contributed by atoms with E-state index in [4.69, 9.17) is 9.47 Å². The normalized spacial score (nSPS) is 21.1. The van der Waals surface area contributed by atoms with Crippen LogP contribution >= 0.6 is 0 Å². The fourth-order valence-electron chi connectivity index (χ4n) is 5.20. The van der Waals surface area contributed by atoms with Crippen LogP contribution in [0.15, 0.2) is 30.6 Å². The molecule has 208 valence electrons. The van der Waals surface area contributed by atoms with Gasteiger partial charge in [-0.3, -0.25) is 4.79 Å². The molecule has 0 bridgehead atoms. The first kappa shape index (κ1) is 28.2. The lowest BCUT2D eigenvalue weighted by molar-refractivity contribution is -0.121. The number of benzene rings is 1. The summed E-state index contributed by atoms with van der Waals surface area (Å²) in [5, 5.41) is 12.7. The average Bonchev–Trinajstić information content (AvgIpc) is 3.69. The number of amides is 1. The highest BCUT2D eigenvalue weighted by atomic mass is 19.1. The summed E-state index contributed by atoms with van der Waals surface area (Å²) in [4.78, 5) is 23.4. The van der Waals surface area contributed by atoms with Crippen LogP contribution < -0.4 is 15.0 Å². The SMILES string of the molecule is CCC(C)(O)CNC(=O)Cc1ccc(OCC[C@@H]2C[C@@H]2C2CCN(c3ncc(COC)cn3)CC2)cc1F. The highest BCUT2D eigenvalue weighted by Gasteiger charge is 2.43. The number of rotatable bonds is 13. The van der Waals surface area contributed by atoms with E-state index >= 15 is 0 Å². The first-order valence-corrected chi connectivity index (χ1v) is 13.7. The summed E-state index contributed by atoms with van der Waals surface area (Å²) in [6.07, 6.45) is 8.65. The Morgan fingerprint density at radius 2 is 2.00 bits per heavy atom. The second-order valence-electron chi connectivity index (χ2n) is 11.0. The van der Waals surface area contributed by atoms with Crippen molar-refractivity contribution in [2.45, 2.75) is 64.6 Å². The molecule has 0 spiro atoms. The third kappa shape index (κ3) is 7.86. The van der Waals surface area contributed by atoms with Gasteiger partial charge in [0.15, 0.2) is 0 Å². The van der Waals surface area contributed by atoms with Crippen molar-refractivity contribution in [2.75, 3.05) is 38.3 Å². The molecule has 4 rings (SSSR count). The number of nitrogens with one attached hydrogen (secondary N) is 1. The van der Waals surface area contributed by atoms with Crippen LogP contribution in [0.3, 0.4) is 0 Å². The molecule has 1 aliphatic carbocycles. The van der Waals surface area contributed by atoms with E-state index in [1.807, 2.05) is 19.3 Å². The van der Waals surface area contributed by atoms with Crippen LogP contribution in [0.4, 0.5) is 10.3 Å². The topological polar surface area (TPSA) is 96.8 Å². The minimum atomic E-state index is -0.962. The number of anilines is 1. The lowest BCUT2D eigenvalue weighted by Gasteiger charge is -2.32. The zero-order valence-electron chi connectivity index (χ0n) is 22.8. The number of carbonyl (C=O) groups is 1. The smallest absolute Gasteiger partial charge is 0.225 e. The van der Waals surface area contributed by atoms with E-state index in [-0.39, 0.29) is 18.9 Å². The van der Waals surface area contributed by atoms with Gasteiger partial charge in [-0.1, -0.05) is 13.0 Å². The molecule has 3 atom stereocenters. The van der Waals surface area contributed by atoms with E-state index in [9.17, 15) is 14.3 Å². The highest BCUT2D eigenvalue weighted by Crippen LogP contribution is 2.49. The maximum Gasteiger partial charge on any atom is 0.225 e. The molecule has 2 aromatic rings. The number of carbonyl (C=O) groups excluding carboxylic acids is 1. The highest BCUT2D eigenvalue weighted by molar-refractivity contribution is 5.78. The third-order valence-corrected chi connectivity index (χ3v) is 7.97. The fourth-order valence-corrected chi connectivity index (χ4v) is 5.20. The van der Waals surface area contributed by atoms with Gasteiger partial charge in [-0.2, -0.15) is 0 Å². The summed E-state index contributed by atoms with van der Waals surface area (Å²) in [5.74, 6) is 2.67. The van der Waals surface area contributed by atoms with Crippen LogP contribution in [0.1, 0.15) is 57.1 Å². The summed E-state index contributed by atoms with van der Waals surface area (Å²) < 4.78 is 25.5. The quantitative estimate of drug-likeness (QED) is 0.407. The van der Waals surface area contributed by atoms with Gasteiger partial charge in [0.2, 0.25) is 11.9 Å². The molecule has 1 aliphatic heterocycles. The first-order chi connectivity index (χ1) is 18.3. The Bertz CT molecular complexity index is 1060. The number of nitrogens with zero attached hydrogens (tertiary/aromatic N) is 3. The van der Waals surface area contributed by atoms with Gasteiger partial charge < -0.3 is 24.8 Å². The van der Waals surface area contributed by atoms with E-state index in [1.54, 1.807) is 26.2 Å². The molecule has 1 aromatic heterocycles. The lowest BCUT2D eigenvalue weighted by atomic mass is 9.90. The second kappa shape index (κ2) is 12.8. The van der Waals surface area contributed by atoms with Gasteiger partial charge in [-0.15, -0.1) is 0 Å². The maximum atomic E-state index is 14.5. The Hall–Kier alpha value is -2.78. The number of hydrogen-bond donors (Lipinski definition) is 2. The minimum Gasteiger partial charge on any atom is -0.493 e. The number of hydrogen-bond acceptors (Lipinski definition) is 7. The van der Waals surface area contributed by atoms with E-state index in [2.05, 4.69) is 20.2 Å². The van der Waals surface area contributed by atoms with E-state index in [0.717, 1.165) is 55.7 Å². The van der Waals surface area contributed by atoms with Gasteiger partial charge in [-0.25, -0.2) is 14.4 Å².